The maximum absolute atomic E-state index is 12.4. The van der Waals surface area contributed by atoms with Crippen molar-refractivity contribution >= 4 is 17.6 Å². The first-order valence-corrected chi connectivity index (χ1v) is 9.05. The topological polar surface area (TPSA) is 61.9 Å². The molecule has 1 aliphatic rings. The molecule has 0 bridgehead atoms. The van der Waals surface area contributed by atoms with Crippen LogP contribution in [0.5, 0.6) is 0 Å². The second-order valence-corrected chi connectivity index (χ2v) is 6.80. The summed E-state index contributed by atoms with van der Waals surface area (Å²) in [5.41, 5.74) is 2.72. The number of ether oxygens (including phenoxy) is 1. The minimum atomic E-state index is -0.460. The van der Waals surface area contributed by atoms with Crippen molar-refractivity contribution in [3.05, 3.63) is 65.2 Å². The van der Waals surface area contributed by atoms with Crippen LogP contribution in [0.3, 0.4) is 0 Å². The standard InChI is InChI=1S/C21H25N3O3/c1-23-10-12-24(13-11-23)15-16-6-8-19(9-7-16)22-20(25)17-4-3-5-18(14-17)21(26)27-2/h3-9,14H,10-13,15H2,1-2H3,(H,22,25). The molecular formula is C21H25N3O3. The number of hydrogen-bond donors (Lipinski definition) is 1. The highest BCUT2D eigenvalue weighted by atomic mass is 16.5. The summed E-state index contributed by atoms with van der Waals surface area (Å²) in [7, 11) is 3.47. The molecule has 1 N–H and O–H groups in total. The molecule has 0 atom stereocenters. The molecule has 1 saturated heterocycles. The van der Waals surface area contributed by atoms with Crippen molar-refractivity contribution in [3.8, 4) is 0 Å². The van der Waals surface area contributed by atoms with Crippen LogP contribution in [0.15, 0.2) is 48.5 Å². The van der Waals surface area contributed by atoms with Crippen LogP contribution in [-0.4, -0.2) is 62.0 Å². The van der Waals surface area contributed by atoms with Gasteiger partial charge in [0.05, 0.1) is 12.7 Å². The Bertz CT molecular complexity index is 797. The van der Waals surface area contributed by atoms with E-state index in [1.54, 1.807) is 18.2 Å². The highest BCUT2D eigenvalue weighted by molar-refractivity contribution is 6.05. The van der Waals surface area contributed by atoms with E-state index in [0.29, 0.717) is 11.1 Å². The third-order valence-electron chi connectivity index (χ3n) is 4.76. The molecule has 142 valence electrons. The maximum atomic E-state index is 12.4. The van der Waals surface area contributed by atoms with Gasteiger partial charge < -0.3 is 15.0 Å². The zero-order valence-electron chi connectivity index (χ0n) is 15.8. The molecule has 1 fully saturated rings. The molecule has 0 radical (unpaired) electrons. The third kappa shape index (κ3) is 5.15. The normalized spacial score (nSPS) is 15.3. The summed E-state index contributed by atoms with van der Waals surface area (Å²) >= 11 is 0. The minimum Gasteiger partial charge on any atom is -0.465 e. The number of carbonyl (C=O) groups excluding carboxylic acids is 2. The van der Waals surface area contributed by atoms with Crippen LogP contribution in [0.2, 0.25) is 0 Å². The Morgan fingerprint density at radius 2 is 1.67 bits per heavy atom. The molecule has 0 spiro atoms. The molecule has 1 aliphatic heterocycles. The number of nitrogens with zero attached hydrogens (tertiary/aromatic N) is 2. The van der Waals surface area contributed by atoms with Crippen molar-refractivity contribution in [3.63, 3.8) is 0 Å². The quantitative estimate of drug-likeness (QED) is 0.823. The Balaban J connectivity index is 1.59. The first kappa shape index (κ1) is 19.1. The molecular weight excluding hydrogens is 342 g/mol. The number of esters is 1. The highest BCUT2D eigenvalue weighted by Gasteiger charge is 2.14. The lowest BCUT2D eigenvalue weighted by Crippen LogP contribution is -2.43. The first-order valence-electron chi connectivity index (χ1n) is 9.05. The molecule has 2 aromatic rings. The Hall–Kier alpha value is -2.70. The van der Waals surface area contributed by atoms with Crippen LogP contribution in [-0.2, 0) is 11.3 Å². The second kappa shape index (κ2) is 8.79. The van der Waals surface area contributed by atoms with Gasteiger partial charge in [-0.25, -0.2) is 4.79 Å². The summed E-state index contributed by atoms with van der Waals surface area (Å²) < 4.78 is 4.69. The van der Waals surface area contributed by atoms with Crippen molar-refractivity contribution in [1.82, 2.24) is 9.80 Å². The highest BCUT2D eigenvalue weighted by Crippen LogP contribution is 2.15. The largest absolute Gasteiger partial charge is 0.465 e. The third-order valence-corrected chi connectivity index (χ3v) is 4.76. The van der Waals surface area contributed by atoms with E-state index in [-0.39, 0.29) is 5.91 Å². The minimum absolute atomic E-state index is 0.257. The van der Waals surface area contributed by atoms with Crippen molar-refractivity contribution in [1.29, 1.82) is 0 Å². The summed E-state index contributed by atoms with van der Waals surface area (Å²) in [6.45, 7) is 5.26. The average molecular weight is 367 g/mol. The van der Waals surface area contributed by atoms with Gasteiger partial charge in [0.2, 0.25) is 0 Å². The molecule has 1 heterocycles. The molecule has 3 rings (SSSR count). The molecule has 0 aliphatic carbocycles. The number of piperazine rings is 1. The number of benzene rings is 2. The monoisotopic (exact) mass is 367 g/mol. The van der Waals surface area contributed by atoms with Gasteiger partial charge in [0, 0.05) is 44.0 Å². The smallest absolute Gasteiger partial charge is 0.337 e. The number of amides is 1. The molecule has 6 heteroatoms. The lowest BCUT2D eigenvalue weighted by molar-refractivity contribution is 0.0600. The van der Waals surface area contributed by atoms with Crippen LogP contribution in [0.25, 0.3) is 0 Å². The molecule has 6 nitrogen and oxygen atoms in total. The van der Waals surface area contributed by atoms with Gasteiger partial charge in [-0.15, -0.1) is 0 Å². The number of carbonyl (C=O) groups is 2. The van der Waals surface area contributed by atoms with Crippen molar-refractivity contribution in [2.75, 3.05) is 45.7 Å². The van der Waals surface area contributed by atoms with E-state index < -0.39 is 5.97 Å². The van der Waals surface area contributed by atoms with Gasteiger partial charge in [-0.05, 0) is 42.9 Å². The molecule has 0 aromatic heterocycles. The maximum Gasteiger partial charge on any atom is 0.337 e. The SMILES string of the molecule is COC(=O)c1cccc(C(=O)Nc2ccc(CN3CCN(C)CC3)cc2)c1. The number of rotatable bonds is 5. The fourth-order valence-electron chi connectivity index (χ4n) is 3.07. The summed E-state index contributed by atoms with van der Waals surface area (Å²) in [6.07, 6.45) is 0. The summed E-state index contributed by atoms with van der Waals surface area (Å²) in [4.78, 5) is 28.8. The predicted molar refractivity (Wildman–Crippen MR) is 105 cm³/mol. The first-order chi connectivity index (χ1) is 13.0. The van der Waals surface area contributed by atoms with Crippen LogP contribution < -0.4 is 5.32 Å². The Kier molecular flexibility index (Phi) is 6.21. The zero-order chi connectivity index (χ0) is 19.2. The van der Waals surface area contributed by atoms with Gasteiger partial charge in [-0.1, -0.05) is 18.2 Å². The number of anilines is 1. The van der Waals surface area contributed by atoms with Gasteiger partial charge in [-0.2, -0.15) is 0 Å². The predicted octanol–water partition coefficient (Wildman–Crippen LogP) is 2.47. The van der Waals surface area contributed by atoms with Crippen LogP contribution in [0.4, 0.5) is 5.69 Å². The van der Waals surface area contributed by atoms with E-state index in [1.165, 1.54) is 18.7 Å². The lowest BCUT2D eigenvalue weighted by atomic mass is 10.1. The summed E-state index contributed by atoms with van der Waals surface area (Å²) in [5.74, 6) is -0.717. The number of hydrogen-bond acceptors (Lipinski definition) is 5. The van der Waals surface area contributed by atoms with Gasteiger partial charge in [0.15, 0.2) is 0 Å². The van der Waals surface area contributed by atoms with Gasteiger partial charge in [-0.3, -0.25) is 9.69 Å². The van der Waals surface area contributed by atoms with Gasteiger partial charge >= 0.3 is 5.97 Å². The van der Waals surface area contributed by atoms with Crippen molar-refractivity contribution < 1.29 is 14.3 Å². The van der Waals surface area contributed by atoms with E-state index in [4.69, 9.17) is 4.74 Å². The molecule has 27 heavy (non-hydrogen) atoms. The van der Waals surface area contributed by atoms with Crippen LogP contribution in [0.1, 0.15) is 26.3 Å². The van der Waals surface area contributed by atoms with Gasteiger partial charge in [0.25, 0.3) is 5.91 Å². The molecule has 2 aromatic carbocycles. The van der Waals surface area contributed by atoms with Gasteiger partial charge in [0.1, 0.15) is 0 Å². The molecule has 0 unspecified atom stereocenters. The fraction of sp³-hybridized carbons (Fsp3) is 0.333. The second-order valence-electron chi connectivity index (χ2n) is 6.80. The van der Waals surface area contributed by atoms with E-state index in [2.05, 4.69) is 22.2 Å². The van der Waals surface area contributed by atoms with Crippen molar-refractivity contribution in [2.24, 2.45) is 0 Å². The van der Waals surface area contributed by atoms with Crippen LogP contribution in [0, 0.1) is 0 Å². The lowest BCUT2D eigenvalue weighted by Gasteiger charge is -2.32. The Morgan fingerprint density at radius 1 is 1.00 bits per heavy atom. The van der Waals surface area contributed by atoms with Crippen molar-refractivity contribution in [2.45, 2.75) is 6.54 Å². The Labute approximate surface area is 159 Å². The van der Waals surface area contributed by atoms with E-state index in [1.807, 2.05) is 24.3 Å². The number of nitrogens with one attached hydrogen (secondary N) is 1. The number of likely N-dealkylation sites (N-methyl/N-ethyl adjacent to an activating group) is 1. The van der Waals surface area contributed by atoms with E-state index in [0.717, 1.165) is 38.4 Å². The summed E-state index contributed by atoms with van der Waals surface area (Å²) in [6, 6.07) is 14.4. The molecule has 1 amide bonds. The average Bonchev–Trinajstić information content (AvgIpc) is 2.70. The molecule has 0 saturated carbocycles. The van der Waals surface area contributed by atoms with Crippen LogP contribution >= 0.6 is 0 Å². The Morgan fingerprint density at radius 3 is 2.33 bits per heavy atom. The zero-order valence-corrected chi connectivity index (χ0v) is 15.8. The van der Waals surface area contributed by atoms with E-state index >= 15 is 0 Å². The summed E-state index contributed by atoms with van der Waals surface area (Å²) in [5, 5.41) is 2.87. The van der Waals surface area contributed by atoms with E-state index in [9.17, 15) is 9.59 Å². The fourth-order valence-corrected chi connectivity index (χ4v) is 3.07. The number of methoxy groups -OCH3 is 1.